The van der Waals surface area contributed by atoms with Crippen LogP contribution in [-0.4, -0.2) is 35.0 Å². The van der Waals surface area contributed by atoms with Crippen molar-refractivity contribution in [3.8, 4) is 0 Å². The van der Waals surface area contributed by atoms with Crippen LogP contribution in [0.3, 0.4) is 0 Å². The van der Waals surface area contributed by atoms with Gasteiger partial charge in [-0.3, -0.25) is 0 Å². The maximum absolute atomic E-state index is 12.1. The zero-order chi connectivity index (χ0) is 15.2. The van der Waals surface area contributed by atoms with Gasteiger partial charge in [0.1, 0.15) is 5.82 Å². The van der Waals surface area contributed by atoms with Gasteiger partial charge in [0.25, 0.3) is 0 Å². The van der Waals surface area contributed by atoms with Gasteiger partial charge in [-0.2, -0.15) is 0 Å². The van der Waals surface area contributed by atoms with Crippen molar-refractivity contribution in [2.75, 3.05) is 19.4 Å². The molecule has 0 aliphatic heterocycles. The van der Waals surface area contributed by atoms with Crippen LogP contribution in [0.25, 0.3) is 0 Å². The second-order valence-electron chi connectivity index (χ2n) is 4.96. The Morgan fingerprint density at radius 1 is 1.48 bits per heavy atom. The van der Waals surface area contributed by atoms with Crippen molar-refractivity contribution < 1.29 is 4.79 Å². The van der Waals surface area contributed by atoms with E-state index >= 15 is 0 Å². The number of carbonyl (C=O) groups is 1. The monoisotopic (exact) mass is 287 g/mol. The van der Waals surface area contributed by atoms with E-state index in [4.69, 9.17) is 0 Å². The van der Waals surface area contributed by atoms with E-state index in [9.17, 15) is 4.79 Å². The Morgan fingerprint density at radius 2 is 2.29 bits per heavy atom. The molecule has 6 nitrogen and oxygen atoms in total. The lowest BCUT2D eigenvalue weighted by atomic mass is 10.1. The van der Waals surface area contributed by atoms with Gasteiger partial charge in [-0.05, 0) is 31.7 Å². The standard InChI is InChI=1S/C15H21N5O/c1-11(16-2)12-5-4-6-13(9-12)19-15(21)20(3)10-14-17-7-8-18-14/h4-9,11,16H,10H2,1-3H3,(H,17,18)(H,19,21). The van der Waals surface area contributed by atoms with Crippen molar-refractivity contribution in [1.82, 2.24) is 20.2 Å². The van der Waals surface area contributed by atoms with Crippen LogP contribution in [0.5, 0.6) is 0 Å². The Balaban J connectivity index is 1.98. The predicted molar refractivity (Wildman–Crippen MR) is 83.0 cm³/mol. The Kier molecular flexibility index (Phi) is 4.94. The molecule has 0 aliphatic carbocycles. The molecule has 1 heterocycles. The molecule has 2 aromatic rings. The minimum Gasteiger partial charge on any atom is -0.347 e. The highest BCUT2D eigenvalue weighted by molar-refractivity contribution is 5.89. The lowest BCUT2D eigenvalue weighted by Gasteiger charge is -2.18. The van der Waals surface area contributed by atoms with Crippen molar-refractivity contribution in [1.29, 1.82) is 0 Å². The fraction of sp³-hybridized carbons (Fsp3) is 0.333. The third-order valence-electron chi connectivity index (χ3n) is 3.36. The molecule has 2 amide bonds. The van der Waals surface area contributed by atoms with Gasteiger partial charge < -0.3 is 20.5 Å². The molecule has 0 saturated heterocycles. The number of nitrogens with one attached hydrogen (secondary N) is 3. The zero-order valence-electron chi connectivity index (χ0n) is 12.6. The van der Waals surface area contributed by atoms with E-state index in [2.05, 4.69) is 27.5 Å². The second-order valence-corrected chi connectivity index (χ2v) is 4.96. The molecule has 1 aromatic heterocycles. The van der Waals surface area contributed by atoms with Crippen LogP contribution in [0.4, 0.5) is 10.5 Å². The van der Waals surface area contributed by atoms with Crippen molar-refractivity contribution >= 4 is 11.7 Å². The predicted octanol–water partition coefficient (Wildman–Crippen LogP) is 2.35. The summed E-state index contributed by atoms with van der Waals surface area (Å²) < 4.78 is 0. The molecule has 2 rings (SSSR count). The molecule has 1 unspecified atom stereocenters. The van der Waals surface area contributed by atoms with Crippen molar-refractivity contribution in [3.63, 3.8) is 0 Å². The van der Waals surface area contributed by atoms with Crippen LogP contribution in [-0.2, 0) is 6.54 Å². The van der Waals surface area contributed by atoms with E-state index < -0.39 is 0 Å². The summed E-state index contributed by atoms with van der Waals surface area (Å²) >= 11 is 0. The first-order chi connectivity index (χ1) is 10.1. The summed E-state index contributed by atoms with van der Waals surface area (Å²) in [5.41, 5.74) is 1.91. The average Bonchev–Trinajstić information content (AvgIpc) is 2.99. The van der Waals surface area contributed by atoms with Crippen LogP contribution in [0, 0.1) is 0 Å². The van der Waals surface area contributed by atoms with Crippen molar-refractivity contribution in [2.24, 2.45) is 0 Å². The first-order valence-electron chi connectivity index (χ1n) is 6.87. The molecule has 0 fully saturated rings. The van der Waals surface area contributed by atoms with Gasteiger partial charge in [-0.15, -0.1) is 0 Å². The van der Waals surface area contributed by atoms with Crippen molar-refractivity contribution in [2.45, 2.75) is 19.5 Å². The Morgan fingerprint density at radius 3 is 2.95 bits per heavy atom. The van der Waals surface area contributed by atoms with Gasteiger partial charge >= 0.3 is 6.03 Å². The van der Waals surface area contributed by atoms with E-state index in [-0.39, 0.29) is 12.1 Å². The summed E-state index contributed by atoms with van der Waals surface area (Å²) in [4.78, 5) is 20.8. The number of hydrogen-bond donors (Lipinski definition) is 3. The number of nitrogens with zero attached hydrogens (tertiary/aromatic N) is 2. The maximum atomic E-state index is 12.1. The highest BCUT2D eigenvalue weighted by Crippen LogP contribution is 2.17. The fourth-order valence-electron chi connectivity index (χ4n) is 1.95. The molecule has 21 heavy (non-hydrogen) atoms. The summed E-state index contributed by atoms with van der Waals surface area (Å²) in [6, 6.07) is 7.89. The van der Waals surface area contributed by atoms with Gasteiger partial charge in [0.15, 0.2) is 0 Å². The normalized spacial score (nSPS) is 12.0. The average molecular weight is 287 g/mol. The van der Waals surface area contributed by atoms with Gasteiger partial charge in [0.2, 0.25) is 0 Å². The molecule has 3 N–H and O–H groups in total. The van der Waals surface area contributed by atoms with E-state index in [1.54, 1.807) is 24.3 Å². The summed E-state index contributed by atoms with van der Waals surface area (Å²) in [6.45, 7) is 2.51. The van der Waals surface area contributed by atoms with Gasteiger partial charge in [0.05, 0.1) is 6.54 Å². The molecule has 0 bridgehead atoms. The minimum atomic E-state index is -0.166. The van der Waals surface area contributed by atoms with Gasteiger partial charge in [0, 0.05) is 31.2 Å². The van der Waals surface area contributed by atoms with Crippen LogP contribution >= 0.6 is 0 Å². The summed E-state index contributed by atoms with van der Waals surface area (Å²) in [6.07, 6.45) is 3.41. The summed E-state index contributed by atoms with van der Waals surface area (Å²) in [7, 11) is 3.64. The molecule has 112 valence electrons. The third-order valence-corrected chi connectivity index (χ3v) is 3.36. The molecular weight excluding hydrogens is 266 g/mol. The topological polar surface area (TPSA) is 73.0 Å². The molecule has 1 atom stereocenters. The zero-order valence-corrected chi connectivity index (χ0v) is 12.6. The highest BCUT2D eigenvalue weighted by atomic mass is 16.2. The fourth-order valence-corrected chi connectivity index (χ4v) is 1.95. The largest absolute Gasteiger partial charge is 0.347 e. The molecule has 6 heteroatoms. The smallest absolute Gasteiger partial charge is 0.321 e. The Labute approximate surface area is 124 Å². The SMILES string of the molecule is CNC(C)c1cccc(NC(=O)N(C)Cc2ncc[nH]2)c1. The lowest BCUT2D eigenvalue weighted by Crippen LogP contribution is -2.31. The summed E-state index contributed by atoms with van der Waals surface area (Å²) in [5, 5.41) is 6.07. The second kappa shape index (κ2) is 6.90. The molecular formula is C15H21N5O. The number of hydrogen-bond acceptors (Lipinski definition) is 3. The molecule has 0 spiro atoms. The number of benzene rings is 1. The van der Waals surface area contributed by atoms with Crippen molar-refractivity contribution in [3.05, 3.63) is 48.0 Å². The Bertz CT molecular complexity index is 582. The number of carbonyl (C=O) groups excluding carboxylic acids is 1. The van der Waals surface area contributed by atoms with Gasteiger partial charge in [-0.1, -0.05) is 12.1 Å². The number of H-pyrrole nitrogens is 1. The molecule has 0 aliphatic rings. The number of aromatic nitrogens is 2. The van der Waals surface area contributed by atoms with E-state index in [0.717, 1.165) is 17.1 Å². The van der Waals surface area contributed by atoms with E-state index in [1.807, 2.05) is 31.3 Å². The highest BCUT2D eigenvalue weighted by Gasteiger charge is 2.11. The number of urea groups is 1. The number of rotatable bonds is 5. The van der Waals surface area contributed by atoms with Crippen LogP contribution in [0.15, 0.2) is 36.7 Å². The third kappa shape index (κ3) is 4.06. The molecule has 0 saturated carbocycles. The lowest BCUT2D eigenvalue weighted by molar-refractivity contribution is 0.219. The first-order valence-corrected chi connectivity index (χ1v) is 6.87. The quantitative estimate of drug-likeness (QED) is 0.790. The summed E-state index contributed by atoms with van der Waals surface area (Å²) in [5.74, 6) is 0.755. The van der Waals surface area contributed by atoms with E-state index in [1.165, 1.54) is 0 Å². The number of aromatic amines is 1. The molecule has 0 radical (unpaired) electrons. The number of imidazole rings is 1. The van der Waals surface area contributed by atoms with Gasteiger partial charge in [-0.25, -0.2) is 9.78 Å². The first kappa shape index (κ1) is 15.1. The minimum absolute atomic E-state index is 0.166. The van der Waals surface area contributed by atoms with Crippen LogP contribution < -0.4 is 10.6 Å². The van der Waals surface area contributed by atoms with E-state index in [0.29, 0.717) is 6.54 Å². The Hall–Kier alpha value is -2.34. The number of anilines is 1. The number of amides is 2. The maximum Gasteiger partial charge on any atom is 0.321 e. The van der Waals surface area contributed by atoms with Crippen LogP contribution in [0.2, 0.25) is 0 Å². The van der Waals surface area contributed by atoms with Crippen LogP contribution in [0.1, 0.15) is 24.4 Å². The molecule has 1 aromatic carbocycles.